The molecule has 4 rings (SSSR count). The number of benzene rings is 2. The third-order valence-corrected chi connectivity index (χ3v) is 8.24. The van der Waals surface area contributed by atoms with Crippen LogP contribution < -0.4 is 5.32 Å². The zero-order chi connectivity index (χ0) is 25.7. The van der Waals surface area contributed by atoms with Crippen LogP contribution in [-0.4, -0.2) is 67.3 Å². The molecule has 10 heteroatoms. The van der Waals surface area contributed by atoms with Crippen molar-refractivity contribution in [3.05, 3.63) is 71.8 Å². The van der Waals surface area contributed by atoms with E-state index in [4.69, 9.17) is 8.92 Å². The Morgan fingerprint density at radius 3 is 2.25 bits per heavy atom. The van der Waals surface area contributed by atoms with Crippen molar-refractivity contribution in [1.29, 1.82) is 0 Å². The number of nitrogens with one attached hydrogen (secondary N) is 1. The number of amides is 1. The summed E-state index contributed by atoms with van der Waals surface area (Å²) in [6.45, 7) is 2.82. The molecule has 2 saturated heterocycles. The van der Waals surface area contributed by atoms with Gasteiger partial charge in [-0.2, -0.15) is 8.42 Å². The summed E-state index contributed by atoms with van der Waals surface area (Å²) in [5, 5.41) is 3.01. The van der Waals surface area contributed by atoms with Crippen LogP contribution in [0.2, 0.25) is 0 Å². The van der Waals surface area contributed by atoms with Gasteiger partial charge in [-0.15, -0.1) is 11.8 Å². The van der Waals surface area contributed by atoms with Crippen LogP contribution in [0.4, 0.5) is 0 Å². The number of nitrogens with zero attached hydrogens (tertiary/aromatic N) is 1. The highest BCUT2D eigenvalue weighted by Gasteiger charge is 2.58. The van der Waals surface area contributed by atoms with Crippen molar-refractivity contribution in [2.24, 2.45) is 0 Å². The number of thioether (sulfide) groups is 1. The fourth-order valence-electron chi connectivity index (χ4n) is 4.58. The molecule has 2 aliphatic heterocycles. The Morgan fingerprint density at radius 2 is 1.69 bits per heavy atom. The molecule has 36 heavy (non-hydrogen) atoms. The Morgan fingerprint density at radius 1 is 1.08 bits per heavy atom. The molecule has 2 aromatic rings. The fraction of sp³-hybridized carbons (Fsp3) is 0.462. The highest BCUT2D eigenvalue weighted by atomic mass is 32.2. The van der Waals surface area contributed by atoms with E-state index in [0.717, 1.165) is 36.6 Å². The number of carbonyl (C=O) groups excluding carboxylic acids is 2. The van der Waals surface area contributed by atoms with Crippen LogP contribution in [0.5, 0.6) is 0 Å². The van der Waals surface area contributed by atoms with E-state index in [2.05, 4.69) is 12.2 Å². The van der Waals surface area contributed by atoms with Gasteiger partial charge in [0.15, 0.2) is 12.1 Å². The van der Waals surface area contributed by atoms with E-state index in [1.165, 1.54) is 16.7 Å². The molecule has 2 fully saturated rings. The normalized spacial score (nSPS) is 23.8. The number of esters is 1. The van der Waals surface area contributed by atoms with Gasteiger partial charge in [-0.05, 0) is 24.1 Å². The van der Waals surface area contributed by atoms with Crippen LogP contribution in [0.3, 0.4) is 0 Å². The number of rotatable bonds is 11. The van der Waals surface area contributed by atoms with Crippen LogP contribution >= 0.6 is 11.8 Å². The number of hydrogen-bond acceptors (Lipinski definition) is 8. The summed E-state index contributed by atoms with van der Waals surface area (Å²) < 4.78 is 35.3. The van der Waals surface area contributed by atoms with Crippen molar-refractivity contribution >= 4 is 33.8 Å². The van der Waals surface area contributed by atoms with E-state index in [-0.39, 0.29) is 17.0 Å². The quantitative estimate of drug-likeness (QED) is 0.204. The predicted octanol–water partition coefficient (Wildman–Crippen LogP) is 3.10. The van der Waals surface area contributed by atoms with Crippen molar-refractivity contribution < 1.29 is 26.9 Å². The van der Waals surface area contributed by atoms with Gasteiger partial charge in [-0.1, -0.05) is 80.4 Å². The number of fused-ring (bicyclic) bond motifs is 1. The van der Waals surface area contributed by atoms with E-state index in [0.29, 0.717) is 6.54 Å². The van der Waals surface area contributed by atoms with Crippen LogP contribution in [0, 0.1) is 0 Å². The topological polar surface area (TPSA) is 102 Å². The van der Waals surface area contributed by atoms with E-state index in [9.17, 15) is 18.0 Å². The Balaban J connectivity index is 1.58. The van der Waals surface area contributed by atoms with Gasteiger partial charge in [0.2, 0.25) is 5.91 Å². The van der Waals surface area contributed by atoms with Gasteiger partial charge >= 0.3 is 5.97 Å². The van der Waals surface area contributed by atoms with Crippen molar-refractivity contribution in [2.75, 3.05) is 18.6 Å². The van der Waals surface area contributed by atoms with Gasteiger partial charge in [-0.3, -0.25) is 8.98 Å². The monoisotopic (exact) mass is 532 g/mol. The summed E-state index contributed by atoms with van der Waals surface area (Å²) in [5.74, 6) is -0.691. The smallest absolute Gasteiger partial charge is 0.332 e. The lowest BCUT2D eigenvalue weighted by atomic mass is 9.98. The number of unbranched alkanes of at least 4 members (excludes halogenated alkanes) is 2. The summed E-state index contributed by atoms with van der Waals surface area (Å²) in [7, 11) is -3.87. The average molecular weight is 533 g/mol. The first-order valence-corrected chi connectivity index (χ1v) is 15.0. The van der Waals surface area contributed by atoms with Gasteiger partial charge < -0.3 is 15.0 Å². The minimum atomic E-state index is -3.87. The summed E-state index contributed by atoms with van der Waals surface area (Å²) in [6.07, 6.45) is 2.29. The molecule has 0 aromatic heterocycles. The molecular weight excluding hydrogens is 500 g/mol. The minimum Gasteiger partial charge on any atom is -0.451 e. The maximum atomic E-state index is 13.7. The largest absolute Gasteiger partial charge is 0.451 e. The fourth-order valence-corrected chi connectivity index (χ4v) is 6.73. The second kappa shape index (κ2) is 11.8. The molecule has 8 nitrogen and oxygen atoms in total. The van der Waals surface area contributed by atoms with E-state index >= 15 is 0 Å². The molecule has 1 amide bonds. The van der Waals surface area contributed by atoms with Crippen molar-refractivity contribution in [3.8, 4) is 0 Å². The minimum absolute atomic E-state index is 0.246. The zero-order valence-corrected chi connectivity index (χ0v) is 22.0. The molecule has 2 aliphatic rings. The number of carbonyl (C=O) groups is 2. The van der Waals surface area contributed by atoms with Gasteiger partial charge in [0.05, 0.1) is 6.26 Å². The lowest BCUT2D eigenvalue weighted by molar-refractivity contribution is -0.172. The maximum Gasteiger partial charge on any atom is 0.332 e. The summed E-state index contributed by atoms with van der Waals surface area (Å²) in [6, 6.07) is 17.0. The van der Waals surface area contributed by atoms with E-state index < -0.39 is 40.4 Å². The van der Waals surface area contributed by atoms with E-state index in [1.807, 2.05) is 60.7 Å². The Hall–Kier alpha value is -2.40. The third-order valence-electron chi connectivity index (χ3n) is 6.29. The molecule has 1 N–H and O–H groups in total. The highest BCUT2D eigenvalue weighted by Crippen LogP contribution is 2.41. The summed E-state index contributed by atoms with van der Waals surface area (Å²) in [4.78, 5) is 28.2. The van der Waals surface area contributed by atoms with Gasteiger partial charge in [0, 0.05) is 5.75 Å². The van der Waals surface area contributed by atoms with Crippen molar-refractivity contribution in [2.45, 2.75) is 55.9 Å². The van der Waals surface area contributed by atoms with Gasteiger partial charge in [0.1, 0.15) is 17.5 Å². The van der Waals surface area contributed by atoms with Crippen molar-refractivity contribution in [1.82, 2.24) is 10.2 Å². The van der Waals surface area contributed by atoms with Crippen LogP contribution in [0.15, 0.2) is 60.7 Å². The standard InChI is InChI=1S/C26H32N2O6S2/c1-3-4-11-16-27-21-24(29)28-22(20(17-35-25(21)28)34-36(2,31)32)26(30)33-23(18-12-7-5-8-13-18)19-14-9-6-10-15-19/h5-10,12-15,20-23,25,27H,3-4,11,16-17H2,1-2H3/t20?,21?,22?,25-/m1/s1. The molecule has 0 saturated carbocycles. The number of β-lactam (4-membered cyclic amide) rings is 1. The number of ether oxygens (including phenoxy) is 1. The second-order valence-electron chi connectivity index (χ2n) is 9.03. The molecule has 0 radical (unpaired) electrons. The SMILES string of the molecule is CCCCCNC1C(=O)N2C(C(=O)OC(c3ccccc3)c3ccccc3)C(OS(C)(=O)=O)CS[C@H]12. The molecule has 194 valence electrons. The number of hydrogen-bond donors (Lipinski definition) is 1. The summed E-state index contributed by atoms with van der Waals surface area (Å²) >= 11 is 1.42. The maximum absolute atomic E-state index is 13.7. The van der Waals surface area contributed by atoms with Crippen LogP contribution in [-0.2, 0) is 28.6 Å². The first kappa shape index (κ1) is 26.7. The zero-order valence-electron chi connectivity index (χ0n) is 20.4. The molecule has 4 atom stereocenters. The second-order valence-corrected chi connectivity index (χ2v) is 11.8. The molecule has 0 spiro atoms. The molecule has 2 aromatic carbocycles. The van der Waals surface area contributed by atoms with E-state index in [1.54, 1.807) is 0 Å². The Labute approximate surface area is 216 Å². The molecule has 3 unspecified atom stereocenters. The lowest BCUT2D eigenvalue weighted by Crippen LogP contribution is -2.76. The van der Waals surface area contributed by atoms with Crippen molar-refractivity contribution in [3.63, 3.8) is 0 Å². The highest BCUT2D eigenvalue weighted by molar-refractivity contribution is 8.00. The van der Waals surface area contributed by atoms with Crippen LogP contribution in [0.1, 0.15) is 43.4 Å². The first-order chi connectivity index (χ1) is 17.3. The predicted molar refractivity (Wildman–Crippen MR) is 139 cm³/mol. The molecule has 2 heterocycles. The Kier molecular flexibility index (Phi) is 8.71. The molecule has 0 aliphatic carbocycles. The van der Waals surface area contributed by atoms with Crippen LogP contribution in [0.25, 0.3) is 0 Å². The Bertz CT molecular complexity index is 1110. The summed E-state index contributed by atoms with van der Waals surface area (Å²) in [5.41, 5.74) is 1.54. The lowest BCUT2D eigenvalue weighted by Gasteiger charge is -2.54. The molecular formula is C26H32N2O6S2. The van der Waals surface area contributed by atoms with Gasteiger partial charge in [-0.25, -0.2) is 4.79 Å². The van der Waals surface area contributed by atoms with Gasteiger partial charge in [0.25, 0.3) is 10.1 Å². The first-order valence-electron chi connectivity index (χ1n) is 12.2. The average Bonchev–Trinajstić information content (AvgIpc) is 2.87. The molecule has 0 bridgehead atoms. The third kappa shape index (κ3) is 6.11.